The van der Waals surface area contributed by atoms with E-state index in [-0.39, 0.29) is 0 Å². The van der Waals surface area contributed by atoms with Crippen LogP contribution < -0.4 is 5.32 Å². The van der Waals surface area contributed by atoms with Gasteiger partial charge in [-0.25, -0.2) is 0 Å². The van der Waals surface area contributed by atoms with E-state index in [4.69, 9.17) is 0 Å². The maximum atomic E-state index is 3.70. The summed E-state index contributed by atoms with van der Waals surface area (Å²) in [6.07, 6.45) is 9.86. The number of nitrogens with zero attached hydrogens (tertiary/aromatic N) is 1. The van der Waals surface area contributed by atoms with E-state index < -0.39 is 0 Å². The lowest BCUT2D eigenvalue weighted by Gasteiger charge is -2.32. The van der Waals surface area contributed by atoms with Crippen LogP contribution in [0.15, 0.2) is 0 Å². The fourth-order valence-corrected chi connectivity index (χ4v) is 3.67. The fourth-order valence-electron chi connectivity index (χ4n) is 3.67. The molecule has 2 fully saturated rings. The van der Waals surface area contributed by atoms with Crippen molar-refractivity contribution in [1.82, 2.24) is 10.2 Å². The Balaban J connectivity index is 1.78. The predicted octanol–water partition coefficient (Wildman–Crippen LogP) is 3.03. The molecule has 2 unspecified atom stereocenters. The summed E-state index contributed by atoms with van der Waals surface area (Å²) in [6, 6.07) is 0. The van der Waals surface area contributed by atoms with E-state index in [9.17, 15) is 0 Å². The van der Waals surface area contributed by atoms with E-state index >= 15 is 0 Å². The van der Waals surface area contributed by atoms with Crippen molar-refractivity contribution < 1.29 is 0 Å². The van der Waals surface area contributed by atoms with Gasteiger partial charge in [0, 0.05) is 12.1 Å². The first-order valence-electron chi connectivity index (χ1n) is 7.69. The molecule has 2 aliphatic heterocycles. The maximum absolute atomic E-state index is 3.70. The SMILES string of the molecule is CCCC1CCCN(CC2(C)CCCN2)CC1. The van der Waals surface area contributed by atoms with Crippen molar-refractivity contribution in [3.8, 4) is 0 Å². The van der Waals surface area contributed by atoms with Crippen molar-refractivity contribution in [3.05, 3.63) is 0 Å². The monoisotopic (exact) mass is 238 g/mol. The maximum Gasteiger partial charge on any atom is 0.0280 e. The molecule has 100 valence electrons. The fraction of sp³-hybridized carbons (Fsp3) is 1.00. The quantitative estimate of drug-likeness (QED) is 0.810. The molecule has 2 heteroatoms. The molecule has 0 aromatic heterocycles. The van der Waals surface area contributed by atoms with E-state index in [1.165, 1.54) is 71.1 Å². The van der Waals surface area contributed by atoms with Gasteiger partial charge in [0.2, 0.25) is 0 Å². The zero-order chi connectivity index (χ0) is 12.1. The van der Waals surface area contributed by atoms with Gasteiger partial charge in [0.25, 0.3) is 0 Å². The Bertz CT molecular complexity index is 221. The van der Waals surface area contributed by atoms with Crippen molar-refractivity contribution in [2.75, 3.05) is 26.2 Å². The molecule has 0 aliphatic carbocycles. The highest BCUT2D eigenvalue weighted by molar-refractivity contribution is 4.91. The van der Waals surface area contributed by atoms with Crippen LogP contribution in [0.4, 0.5) is 0 Å². The van der Waals surface area contributed by atoms with Gasteiger partial charge in [-0.15, -0.1) is 0 Å². The van der Waals surface area contributed by atoms with Gasteiger partial charge in [0.15, 0.2) is 0 Å². The van der Waals surface area contributed by atoms with Crippen LogP contribution in [-0.4, -0.2) is 36.6 Å². The summed E-state index contributed by atoms with van der Waals surface area (Å²) in [4.78, 5) is 2.72. The van der Waals surface area contributed by atoms with Crippen LogP contribution in [-0.2, 0) is 0 Å². The lowest BCUT2D eigenvalue weighted by molar-refractivity contribution is 0.207. The van der Waals surface area contributed by atoms with Gasteiger partial charge in [0.05, 0.1) is 0 Å². The second-order valence-corrected chi connectivity index (χ2v) is 6.45. The molecule has 0 spiro atoms. The van der Waals surface area contributed by atoms with Gasteiger partial charge in [-0.2, -0.15) is 0 Å². The van der Waals surface area contributed by atoms with E-state index in [1.807, 2.05) is 0 Å². The Hall–Kier alpha value is -0.0800. The average Bonchev–Trinajstić information content (AvgIpc) is 2.60. The second kappa shape index (κ2) is 6.19. The molecule has 2 rings (SSSR count). The number of hydrogen-bond donors (Lipinski definition) is 1. The molecule has 2 aliphatic rings. The third-order valence-corrected chi connectivity index (χ3v) is 4.67. The lowest BCUT2D eigenvalue weighted by Crippen LogP contribution is -2.47. The van der Waals surface area contributed by atoms with Gasteiger partial charge in [-0.3, -0.25) is 0 Å². The Morgan fingerprint density at radius 1 is 1.24 bits per heavy atom. The van der Waals surface area contributed by atoms with E-state index in [0.29, 0.717) is 5.54 Å². The lowest BCUT2D eigenvalue weighted by atomic mass is 9.96. The number of likely N-dealkylation sites (tertiary alicyclic amines) is 1. The second-order valence-electron chi connectivity index (χ2n) is 6.45. The number of rotatable bonds is 4. The molecule has 0 saturated carbocycles. The summed E-state index contributed by atoms with van der Waals surface area (Å²) in [6.45, 7) is 9.90. The molecule has 1 N–H and O–H groups in total. The first-order chi connectivity index (χ1) is 8.22. The van der Waals surface area contributed by atoms with Crippen molar-refractivity contribution in [2.45, 2.75) is 64.3 Å². The van der Waals surface area contributed by atoms with Crippen LogP contribution in [0.5, 0.6) is 0 Å². The molecule has 2 saturated heterocycles. The molecule has 0 radical (unpaired) electrons. The molecule has 0 aromatic carbocycles. The van der Waals surface area contributed by atoms with Gasteiger partial charge < -0.3 is 10.2 Å². The minimum Gasteiger partial charge on any atom is -0.310 e. The molecule has 0 bridgehead atoms. The van der Waals surface area contributed by atoms with Crippen molar-refractivity contribution >= 4 is 0 Å². The van der Waals surface area contributed by atoms with E-state index in [2.05, 4.69) is 24.1 Å². The van der Waals surface area contributed by atoms with Gasteiger partial charge >= 0.3 is 0 Å². The zero-order valence-electron chi connectivity index (χ0n) is 11.8. The molecule has 2 heterocycles. The molecule has 0 aromatic rings. The largest absolute Gasteiger partial charge is 0.310 e. The highest BCUT2D eigenvalue weighted by Gasteiger charge is 2.30. The molecular formula is C15H30N2. The van der Waals surface area contributed by atoms with Crippen LogP contribution in [0.25, 0.3) is 0 Å². The molecule has 17 heavy (non-hydrogen) atoms. The Kier molecular flexibility index (Phi) is 4.87. The highest BCUT2D eigenvalue weighted by Crippen LogP contribution is 2.25. The number of hydrogen-bond acceptors (Lipinski definition) is 2. The van der Waals surface area contributed by atoms with Crippen LogP contribution in [0.2, 0.25) is 0 Å². The van der Waals surface area contributed by atoms with Gasteiger partial charge in [-0.1, -0.05) is 19.8 Å². The number of nitrogens with one attached hydrogen (secondary N) is 1. The summed E-state index contributed by atoms with van der Waals surface area (Å²) < 4.78 is 0. The summed E-state index contributed by atoms with van der Waals surface area (Å²) >= 11 is 0. The van der Waals surface area contributed by atoms with E-state index in [0.717, 1.165) is 5.92 Å². The molecular weight excluding hydrogens is 208 g/mol. The average molecular weight is 238 g/mol. The summed E-state index contributed by atoms with van der Waals surface area (Å²) in [5.41, 5.74) is 0.407. The van der Waals surface area contributed by atoms with Crippen LogP contribution in [0, 0.1) is 5.92 Å². The topological polar surface area (TPSA) is 15.3 Å². The summed E-state index contributed by atoms with van der Waals surface area (Å²) in [5.74, 6) is 1.01. The normalized spacial score (nSPS) is 36.0. The third kappa shape index (κ3) is 3.96. The van der Waals surface area contributed by atoms with Crippen molar-refractivity contribution in [3.63, 3.8) is 0 Å². The summed E-state index contributed by atoms with van der Waals surface area (Å²) in [7, 11) is 0. The van der Waals surface area contributed by atoms with Crippen LogP contribution in [0.3, 0.4) is 0 Å². The third-order valence-electron chi connectivity index (χ3n) is 4.67. The van der Waals surface area contributed by atoms with Crippen molar-refractivity contribution in [1.29, 1.82) is 0 Å². The highest BCUT2D eigenvalue weighted by atomic mass is 15.2. The Labute approximate surface area is 107 Å². The predicted molar refractivity (Wildman–Crippen MR) is 74.3 cm³/mol. The van der Waals surface area contributed by atoms with E-state index in [1.54, 1.807) is 0 Å². The first kappa shape index (κ1) is 13.4. The minimum atomic E-state index is 0.407. The minimum absolute atomic E-state index is 0.407. The standard InChI is InChI=1S/C15H30N2/c1-3-6-14-7-4-11-17(12-8-14)13-15(2)9-5-10-16-15/h14,16H,3-13H2,1-2H3. The Morgan fingerprint density at radius 2 is 2.12 bits per heavy atom. The molecule has 2 nitrogen and oxygen atoms in total. The molecule has 0 amide bonds. The zero-order valence-corrected chi connectivity index (χ0v) is 11.8. The van der Waals surface area contributed by atoms with Crippen LogP contribution in [0.1, 0.15) is 58.8 Å². The summed E-state index contributed by atoms with van der Waals surface area (Å²) in [5, 5.41) is 3.70. The van der Waals surface area contributed by atoms with Crippen molar-refractivity contribution in [2.24, 2.45) is 5.92 Å². The van der Waals surface area contributed by atoms with Gasteiger partial charge in [-0.05, 0) is 64.6 Å². The smallest absolute Gasteiger partial charge is 0.0280 e. The van der Waals surface area contributed by atoms with Crippen LogP contribution >= 0.6 is 0 Å². The van der Waals surface area contributed by atoms with Gasteiger partial charge in [0.1, 0.15) is 0 Å². The first-order valence-corrected chi connectivity index (χ1v) is 7.69. The Morgan fingerprint density at radius 3 is 2.82 bits per heavy atom. The molecule has 2 atom stereocenters.